The summed E-state index contributed by atoms with van der Waals surface area (Å²) < 4.78 is 0. The summed E-state index contributed by atoms with van der Waals surface area (Å²) in [4.78, 5) is 9.62. The van der Waals surface area contributed by atoms with Crippen molar-refractivity contribution in [3.05, 3.63) is 17.6 Å². The van der Waals surface area contributed by atoms with E-state index in [1.54, 1.807) is 0 Å². The van der Waals surface area contributed by atoms with E-state index >= 15 is 0 Å². The van der Waals surface area contributed by atoms with Gasteiger partial charge in [-0.15, -0.1) is 0 Å². The molecule has 1 atom stereocenters. The van der Waals surface area contributed by atoms with E-state index in [0.29, 0.717) is 11.2 Å². The standard InChI is InChI=1S/C15H23N3S/c1-2-8-16-14-10-12(11-6-7-11)17-15(18-14)13-5-3-4-9-19-13/h10-11,13H,2-9H2,1H3,(H,16,17,18). The molecule has 0 amide bonds. The summed E-state index contributed by atoms with van der Waals surface area (Å²) in [6, 6.07) is 2.17. The Labute approximate surface area is 120 Å². The van der Waals surface area contributed by atoms with Gasteiger partial charge in [0.2, 0.25) is 0 Å². The average Bonchev–Trinajstić information content (AvgIpc) is 3.30. The van der Waals surface area contributed by atoms with Crippen LogP contribution in [0.2, 0.25) is 0 Å². The van der Waals surface area contributed by atoms with Crippen molar-refractivity contribution >= 4 is 17.6 Å². The van der Waals surface area contributed by atoms with Crippen molar-refractivity contribution in [1.29, 1.82) is 0 Å². The maximum Gasteiger partial charge on any atom is 0.143 e. The second kappa shape index (κ2) is 6.12. The van der Waals surface area contributed by atoms with Crippen LogP contribution in [0.4, 0.5) is 5.82 Å². The van der Waals surface area contributed by atoms with Gasteiger partial charge in [0.15, 0.2) is 0 Å². The molecule has 19 heavy (non-hydrogen) atoms. The van der Waals surface area contributed by atoms with Gasteiger partial charge in [-0.2, -0.15) is 11.8 Å². The predicted molar refractivity (Wildman–Crippen MR) is 81.8 cm³/mol. The summed E-state index contributed by atoms with van der Waals surface area (Å²) in [5.41, 5.74) is 1.27. The van der Waals surface area contributed by atoms with Crippen molar-refractivity contribution in [2.24, 2.45) is 0 Å². The molecule has 1 aromatic rings. The molecule has 3 rings (SSSR count). The molecule has 4 heteroatoms. The van der Waals surface area contributed by atoms with Crippen molar-refractivity contribution in [2.75, 3.05) is 17.6 Å². The van der Waals surface area contributed by atoms with E-state index < -0.39 is 0 Å². The molecular formula is C15H23N3S. The van der Waals surface area contributed by atoms with Crippen molar-refractivity contribution in [3.8, 4) is 0 Å². The van der Waals surface area contributed by atoms with Crippen molar-refractivity contribution in [1.82, 2.24) is 9.97 Å². The van der Waals surface area contributed by atoms with Gasteiger partial charge >= 0.3 is 0 Å². The highest BCUT2D eigenvalue weighted by Crippen LogP contribution is 2.42. The van der Waals surface area contributed by atoms with Crippen LogP contribution in [-0.2, 0) is 0 Å². The molecular weight excluding hydrogens is 254 g/mol. The first-order valence-corrected chi connectivity index (χ1v) is 8.66. The van der Waals surface area contributed by atoms with Crippen molar-refractivity contribution < 1.29 is 0 Å². The fourth-order valence-corrected chi connectivity index (χ4v) is 3.75. The predicted octanol–water partition coefficient (Wildman–Crippen LogP) is 4.13. The maximum atomic E-state index is 4.86. The van der Waals surface area contributed by atoms with Crippen LogP contribution in [-0.4, -0.2) is 22.3 Å². The highest BCUT2D eigenvalue weighted by molar-refractivity contribution is 7.99. The molecule has 0 bridgehead atoms. The van der Waals surface area contributed by atoms with E-state index in [9.17, 15) is 0 Å². The minimum atomic E-state index is 0.523. The van der Waals surface area contributed by atoms with E-state index in [1.807, 2.05) is 11.8 Å². The van der Waals surface area contributed by atoms with Crippen LogP contribution in [0.25, 0.3) is 0 Å². The molecule has 2 heterocycles. The van der Waals surface area contributed by atoms with Crippen molar-refractivity contribution in [3.63, 3.8) is 0 Å². The van der Waals surface area contributed by atoms with E-state index in [0.717, 1.165) is 24.6 Å². The van der Waals surface area contributed by atoms with Gasteiger partial charge in [0, 0.05) is 24.2 Å². The largest absolute Gasteiger partial charge is 0.370 e. The Bertz CT molecular complexity index is 425. The Kier molecular flexibility index (Phi) is 4.26. The van der Waals surface area contributed by atoms with Gasteiger partial charge in [-0.25, -0.2) is 9.97 Å². The number of nitrogens with zero attached hydrogens (tertiary/aromatic N) is 2. The molecule has 1 aliphatic heterocycles. The summed E-state index contributed by atoms with van der Waals surface area (Å²) in [5, 5.41) is 3.96. The van der Waals surface area contributed by atoms with E-state index in [-0.39, 0.29) is 0 Å². The lowest BCUT2D eigenvalue weighted by molar-refractivity contribution is 0.658. The van der Waals surface area contributed by atoms with Crippen LogP contribution in [0.1, 0.15) is 68.1 Å². The van der Waals surface area contributed by atoms with Gasteiger partial charge < -0.3 is 5.32 Å². The Morgan fingerprint density at radius 3 is 2.84 bits per heavy atom. The molecule has 1 saturated heterocycles. The number of hydrogen-bond donors (Lipinski definition) is 1. The molecule has 1 aromatic heterocycles. The first kappa shape index (κ1) is 13.2. The lowest BCUT2D eigenvalue weighted by Gasteiger charge is -2.21. The van der Waals surface area contributed by atoms with Crippen LogP contribution in [0.5, 0.6) is 0 Å². The molecule has 2 fully saturated rings. The van der Waals surface area contributed by atoms with Gasteiger partial charge in [-0.05, 0) is 37.9 Å². The molecule has 104 valence electrons. The monoisotopic (exact) mass is 277 g/mol. The fraction of sp³-hybridized carbons (Fsp3) is 0.733. The molecule has 0 radical (unpaired) electrons. The second-order valence-electron chi connectivity index (χ2n) is 5.59. The molecule has 0 spiro atoms. The Morgan fingerprint density at radius 1 is 1.26 bits per heavy atom. The number of thioether (sulfide) groups is 1. The van der Waals surface area contributed by atoms with E-state index in [2.05, 4.69) is 18.3 Å². The maximum absolute atomic E-state index is 4.86. The minimum Gasteiger partial charge on any atom is -0.370 e. The topological polar surface area (TPSA) is 37.8 Å². The Morgan fingerprint density at radius 2 is 2.16 bits per heavy atom. The van der Waals surface area contributed by atoms with Crippen LogP contribution >= 0.6 is 11.8 Å². The molecule has 2 aliphatic rings. The summed E-state index contributed by atoms with van der Waals surface area (Å²) in [5.74, 6) is 4.09. The zero-order chi connectivity index (χ0) is 13.1. The van der Waals surface area contributed by atoms with Crippen LogP contribution in [0.3, 0.4) is 0 Å². The van der Waals surface area contributed by atoms with Gasteiger partial charge in [0.05, 0.1) is 5.25 Å². The molecule has 0 aromatic carbocycles. The molecule has 1 N–H and O–H groups in total. The van der Waals surface area contributed by atoms with Crippen LogP contribution < -0.4 is 5.32 Å². The molecule has 1 saturated carbocycles. The van der Waals surface area contributed by atoms with E-state index in [1.165, 1.54) is 43.6 Å². The number of rotatable bonds is 5. The SMILES string of the molecule is CCCNc1cc(C2CC2)nc(C2CCCCS2)n1. The second-order valence-corrected chi connectivity index (χ2v) is 6.90. The third kappa shape index (κ3) is 3.41. The highest BCUT2D eigenvalue weighted by Gasteiger charge is 2.28. The van der Waals surface area contributed by atoms with E-state index in [4.69, 9.17) is 9.97 Å². The summed E-state index contributed by atoms with van der Waals surface area (Å²) in [6.45, 7) is 3.19. The number of aromatic nitrogens is 2. The summed E-state index contributed by atoms with van der Waals surface area (Å²) in [7, 11) is 0. The molecule has 3 nitrogen and oxygen atoms in total. The third-order valence-electron chi connectivity index (χ3n) is 3.78. The molecule has 1 aliphatic carbocycles. The fourth-order valence-electron chi connectivity index (χ4n) is 2.51. The first-order valence-electron chi connectivity index (χ1n) is 7.61. The van der Waals surface area contributed by atoms with Gasteiger partial charge in [-0.1, -0.05) is 13.3 Å². The quantitative estimate of drug-likeness (QED) is 0.878. The van der Waals surface area contributed by atoms with Crippen LogP contribution in [0, 0.1) is 0 Å². The first-order chi connectivity index (χ1) is 9.36. The number of hydrogen-bond acceptors (Lipinski definition) is 4. The normalized spacial score (nSPS) is 23.3. The smallest absolute Gasteiger partial charge is 0.143 e. The van der Waals surface area contributed by atoms with Crippen LogP contribution in [0.15, 0.2) is 6.07 Å². The van der Waals surface area contributed by atoms with Crippen molar-refractivity contribution in [2.45, 2.75) is 56.6 Å². The zero-order valence-electron chi connectivity index (χ0n) is 11.7. The van der Waals surface area contributed by atoms with Gasteiger partial charge in [0.1, 0.15) is 11.6 Å². The summed E-state index contributed by atoms with van der Waals surface area (Å²) in [6.07, 6.45) is 7.67. The lowest BCUT2D eigenvalue weighted by Crippen LogP contribution is -2.11. The van der Waals surface area contributed by atoms with Gasteiger partial charge in [-0.3, -0.25) is 0 Å². The molecule has 1 unspecified atom stereocenters. The Hall–Kier alpha value is -0.770. The number of anilines is 1. The third-order valence-corrected chi connectivity index (χ3v) is 5.16. The Balaban J connectivity index is 1.81. The van der Waals surface area contributed by atoms with Gasteiger partial charge in [0.25, 0.3) is 0 Å². The minimum absolute atomic E-state index is 0.523. The zero-order valence-corrected chi connectivity index (χ0v) is 12.5. The highest BCUT2D eigenvalue weighted by atomic mass is 32.2. The summed E-state index contributed by atoms with van der Waals surface area (Å²) >= 11 is 2.04. The lowest BCUT2D eigenvalue weighted by atomic mass is 10.1. The average molecular weight is 277 g/mol. The number of nitrogens with one attached hydrogen (secondary N) is 1.